The second-order valence-corrected chi connectivity index (χ2v) is 5.36. The summed E-state index contributed by atoms with van der Waals surface area (Å²) >= 11 is 0. The van der Waals surface area contributed by atoms with Gasteiger partial charge in [-0.05, 0) is 17.2 Å². The molecule has 0 saturated carbocycles. The van der Waals surface area contributed by atoms with E-state index in [-0.39, 0.29) is 0 Å². The molecule has 0 aromatic heterocycles. The molecule has 10 heavy (non-hydrogen) atoms. The summed E-state index contributed by atoms with van der Waals surface area (Å²) in [7, 11) is -2.58. The summed E-state index contributed by atoms with van der Waals surface area (Å²) in [4.78, 5) is 0. The first-order valence-electron chi connectivity index (χ1n) is 2.68. The Bertz CT molecular complexity index is 249. The maximum atomic E-state index is 10.7. The molecule has 0 N–H and O–H groups in total. The van der Waals surface area contributed by atoms with Gasteiger partial charge in [-0.3, -0.25) is 0 Å². The Morgan fingerprint density at radius 2 is 2.40 bits per heavy atom. The normalized spacial score (nSPS) is 30.9. The summed E-state index contributed by atoms with van der Waals surface area (Å²) in [5.41, 5.74) is 0. The van der Waals surface area contributed by atoms with Crippen molar-refractivity contribution in [2.75, 3.05) is 5.75 Å². The lowest BCUT2D eigenvalue weighted by atomic mass is 10.3. The van der Waals surface area contributed by atoms with E-state index in [0.717, 1.165) is 10.8 Å². The minimum atomic E-state index is -3.37. The van der Waals surface area contributed by atoms with Gasteiger partial charge in [-0.15, -0.1) is 6.42 Å². The van der Waals surface area contributed by atoms with Crippen molar-refractivity contribution in [2.24, 2.45) is 0 Å². The van der Waals surface area contributed by atoms with Gasteiger partial charge in [0.25, 0.3) is 0 Å². The molecule has 1 unspecified atom stereocenters. The van der Waals surface area contributed by atoms with Crippen molar-refractivity contribution in [3.8, 4) is 12.3 Å². The van der Waals surface area contributed by atoms with E-state index >= 15 is 0 Å². The molecule has 0 spiro atoms. The highest BCUT2D eigenvalue weighted by Gasteiger charge is 2.24. The van der Waals surface area contributed by atoms with Crippen LogP contribution in [0.2, 0.25) is 0 Å². The van der Waals surface area contributed by atoms with E-state index in [4.69, 9.17) is 6.42 Å². The summed E-state index contributed by atoms with van der Waals surface area (Å²) in [6, 6.07) is 0. The summed E-state index contributed by atoms with van der Waals surface area (Å²) in [5, 5.41) is 0. The minimum Gasteiger partial charge on any atom is -0.245 e. The van der Waals surface area contributed by atoms with Crippen LogP contribution in [0.3, 0.4) is 0 Å². The highest BCUT2D eigenvalue weighted by atomic mass is 33.1. The highest BCUT2D eigenvalue weighted by Crippen LogP contribution is 2.24. The second-order valence-electron chi connectivity index (χ2n) is 1.77. The van der Waals surface area contributed by atoms with Crippen LogP contribution >= 0.6 is 10.8 Å². The zero-order valence-corrected chi connectivity index (χ0v) is 6.74. The second kappa shape index (κ2) is 2.82. The summed E-state index contributed by atoms with van der Waals surface area (Å²) in [6.45, 7) is 0. The average molecular weight is 178 g/mol. The molecule has 0 radical (unpaired) electrons. The lowest BCUT2D eigenvalue weighted by Gasteiger charge is -2.15. The minimum absolute atomic E-state index is 0.525. The number of terminal acetylenes is 1. The molecule has 56 valence electrons. The first kappa shape index (κ1) is 7.92. The predicted octanol–water partition coefficient (Wildman–Crippen LogP) is 0.387. The van der Waals surface area contributed by atoms with Crippen molar-refractivity contribution in [1.29, 1.82) is 0 Å². The molecular formula is C5H6O3S2. The zero-order chi connectivity index (χ0) is 7.61. The van der Waals surface area contributed by atoms with Crippen molar-refractivity contribution in [1.82, 2.24) is 0 Å². The van der Waals surface area contributed by atoms with Gasteiger partial charge in [-0.2, -0.15) is 8.42 Å². The third-order valence-corrected chi connectivity index (χ3v) is 3.79. The summed E-state index contributed by atoms with van der Waals surface area (Å²) < 4.78 is 25.9. The third kappa shape index (κ3) is 1.90. The van der Waals surface area contributed by atoms with Gasteiger partial charge in [-0.25, -0.2) is 4.18 Å². The smallest absolute Gasteiger partial charge is 0.245 e. The van der Waals surface area contributed by atoms with Crippen LogP contribution in [-0.4, -0.2) is 20.3 Å². The van der Waals surface area contributed by atoms with E-state index in [1.165, 1.54) is 0 Å². The molecule has 0 aromatic carbocycles. The van der Waals surface area contributed by atoms with Gasteiger partial charge in [0.05, 0.1) is 0 Å². The van der Waals surface area contributed by atoms with Crippen molar-refractivity contribution in [3.05, 3.63) is 0 Å². The Morgan fingerprint density at radius 3 is 2.80 bits per heavy atom. The monoisotopic (exact) mass is 178 g/mol. The van der Waals surface area contributed by atoms with E-state index in [0.29, 0.717) is 12.2 Å². The summed E-state index contributed by atoms with van der Waals surface area (Å²) in [6.07, 6.45) is 5.04. The van der Waals surface area contributed by atoms with Crippen molar-refractivity contribution in [2.45, 2.75) is 12.5 Å². The molecule has 1 atom stereocenters. The van der Waals surface area contributed by atoms with Crippen LogP contribution < -0.4 is 0 Å². The van der Waals surface area contributed by atoms with Gasteiger partial charge >= 0.3 is 9.15 Å². The fourth-order valence-corrected chi connectivity index (χ4v) is 2.94. The molecule has 5 heteroatoms. The quantitative estimate of drug-likeness (QED) is 0.397. The Kier molecular flexibility index (Phi) is 2.24. The van der Waals surface area contributed by atoms with Gasteiger partial charge in [0.1, 0.15) is 6.10 Å². The van der Waals surface area contributed by atoms with Crippen LogP contribution in [0.1, 0.15) is 6.42 Å². The Labute approximate surface area is 63.7 Å². The van der Waals surface area contributed by atoms with E-state index in [2.05, 4.69) is 10.1 Å². The molecule has 0 aliphatic carbocycles. The SMILES string of the molecule is C#CC1CCSS(=O)(=O)O1. The Hall–Kier alpha value is -0.180. The molecule has 1 heterocycles. The van der Waals surface area contributed by atoms with E-state index in [1.54, 1.807) is 0 Å². The Morgan fingerprint density at radius 1 is 1.70 bits per heavy atom. The van der Waals surface area contributed by atoms with Gasteiger partial charge < -0.3 is 0 Å². The third-order valence-electron chi connectivity index (χ3n) is 1.03. The fraction of sp³-hybridized carbons (Fsp3) is 0.600. The Balaban J connectivity index is 2.67. The zero-order valence-electron chi connectivity index (χ0n) is 5.11. The topological polar surface area (TPSA) is 43.4 Å². The lowest BCUT2D eigenvalue weighted by Crippen LogP contribution is -2.20. The number of hydrogen-bond donors (Lipinski definition) is 0. The highest BCUT2D eigenvalue weighted by molar-refractivity contribution is 8.70. The fourth-order valence-electron chi connectivity index (χ4n) is 0.586. The van der Waals surface area contributed by atoms with Crippen molar-refractivity contribution in [3.63, 3.8) is 0 Å². The molecule has 1 saturated heterocycles. The van der Waals surface area contributed by atoms with E-state index < -0.39 is 15.3 Å². The van der Waals surface area contributed by atoms with Crippen molar-refractivity contribution >= 4 is 19.9 Å². The predicted molar refractivity (Wildman–Crippen MR) is 39.7 cm³/mol. The van der Waals surface area contributed by atoms with Crippen LogP contribution in [0.25, 0.3) is 0 Å². The molecule has 0 aromatic rings. The van der Waals surface area contributed by atoms with Crippen LogP contribution in [0.15, 0.2) is 0 Å². The maximum Gasteiger partial charge on any atom is 0.323 e. The first-order valence-corrected chi connectivity index (χ1v) is 5.59. The van der Waals surface area contributed by atoms with Gasteiger partial charge in [0, 0.05) is 5.75 Å². The largest absolute Gasteiger partial charge is 0.323 e. The van der Waals surface area contributed by atoms with Crippen LogP contribution in [-0.2, 0) is 13.3 Å². The molecule has 0 bridgehead atoms. The standard InChI is InChI=1S/C5H6O3S2/c1-2-5-3-4-9-10(6,7)8-5/h1,5H,3-4H2. The van der Waals surface area contributed by atoms with E-state index in [9.17, 15) is 8.42 Å². The van der Waals surface area contributed by atoms with Gasteiger partial charge in [0.15, 0.2) is 0 Å². The molecule has 0 amide bonds. The van der Waals surface area contributed by atoms with Crippen molar-refractivity contribution < 1.29 is 12.6 Å². The van der Waals surface area contributed by atoms with Crippen LogP contribution in [0.5, 0.6) is 0 Å². The van der Waals surface area contributed by atoms with Crippen LogP contribution in [0.4, 0.5) is 0 Å². The lowest BCUT2D eigenvalue weighted by molar-refractivity contribution is 0.266. The van der Waals surface area contributed by atoms with Gasteiger partial charge in [-0.1, -0.05) is 5.92 Å². The van der Waals surface area contributed by atoms with Crippen LogP contribution in [0, 0.1) is 12.3 Å². The van der Waals surface area contributed by atoms with E-state index in [1.807, 2.05) is 0 Å². The summed E-state index contributed by atoms with van der Waals surface area (Å²) in [5.74, 6) is 2.77. The molecule has 1 rings (SSSR count). The molecular weight excluding hydrogens is 172 g/mol. The number of rotatable bonds is 0. The first-order chi connectivity index (χ1) is 4.64. The molecule has 1 fully saturated rings. The molecule has 1 aliphatic rings. The average Bonchev–Trinajstić information content (AvgIpc) is 1.86. The molecule has 3 nitrogen and oxygen atoms in total. The maximum absolute atomic E-state index is 10.7. The number of hydrogen-bond acceptors (Lipinski definition) is 4. The van der Waals surface area contributed by atoms with Gasteiger partial charge in [0.2, 0.25) is 0 Å². The molecule has 1 aliphatic heterocycles.